The van der Waals surface area contributed by atoms with Crippen LogP contribution in [0.15, 0.2) is 77.1 Å². The van der Waals surface area contributed by atoms with E-state index in [1.165, 1.54) is 29.1 Å². The molecule has 10 nitrogen and oxygen atoms in total. The van der Waals surface area contributed by atoms with E-state index >= 15 is 0 Å². The Morgan fingerprint density at radius 2 is 1.79 bits per heavy atom. The van der Waals surface area contributed by atoms with Crippen molar-refractivity contribution in [1.82, 2.24) is 25.2 Å². The normalized spacial score (nSPS) is 12.4. The van der Waals surface area contributed by atoms with Crippen LogP contribution in [0.5, 0.6) is 5.75 Å². The fourth-order valence-electron chi connectivity index (χ4n) is 3.34. The molecule has 2 aromatic heterocycles. The molecule has 0 aliphatic carbocycles. The summed E-state index contributed by atoms with van der Waals surface area (Å²) < 4.78 is 29.7. The molecule has 0 bridgehead atoms. The third-order valence-corrected chi connectivity index (χ3v) is 8.10. The molecule has 4 rings (SSSR count). The molecule has 0 aliphatic heterocycles. The Balaban J connectivity index is 1.52. The van der Waals surface area contributed by atoms with Crippen molar-refractivity contribution in [3.63, 3.8) is 0 Å². The number of rotatable bonds is 9. The topological polar surface area (TPSA) is 146 Å². The van der Waals surface area contributed by atoms with Crippen LogP contribution < -0.4 is 10.2 Å². The molecule has 2 heterocycles. The molecule has 0 fully saturated rings. The minimum Gasteiger partial charge on any atom is -0.508 e. The van der Waals surface area contributed by atoms with Crippen molar-refractivity contribution >= 4 is 27.3 Å². The number of aromatic nitrogens is 3. The summed E-state index contributed by atoms with van der Waals surface area (Å²) >= 11 is 1.15. The number of hydrogen-bond acceptors (Lipinski definition) is 8. The zero-order valence-electron chi connectivity index (χ0n) is 17.7. The zero-order valence-corrected chi connectivity index (χ0v) is 19.3. The van der Waals surface area contributed by atoms with E-state index in [0.29, 0.717) is 11.3 Å². The van der Waals surface area contributed by atoms with Gasteiger partial charge in [0.25, 0.3) is 5.91 Å². The minimum atomic E-state index is -3.83. The van der Waals surface area contributed by atoms with Gasteiger partial charge in [0.2, 0.25) is 10.0 Å². The average molecular weight is 500 g/mol. The molecule has 0 radical (unpaired) electrons. The molecular formula is C22H21N5O5S2. The van der Waals surface area contributed by atoms with Gasteiger partial charge in [-0.2, -0.15) is 0 Å². The van der Waals surface area contributed by atoms with Crippen molar-refractivity contribution in [2.75, 3.05) is 0 Å². The molecule has 0 unspecified atom stereocenters. The van der Waals surface area contributed by atoms with Crippen LogP contribution in [0.1, 0.15) is 17.3 Å². The third kappa shape index (κ3) is 5.31. The smallest absolute Gasteiger partial charge is 0.268 e. The number of amides is 1. The summed E-state index contributed by atoms with van der Waals surface area (Å²) in [5.41, 5.74) is 3.56. The van der Waals surface area contributed by atoms with Gasteiger partial charge in [-0.15, -0.1) is 16.4 Å². The Bertz CT molecular complexity index is 1370. The Morgan fingerprint density at radius 3 is 2.50 bits per heavy atom. The van der Waals surface area contributed by atoms with Gasteiger partial charge in [-0.1, -0.05) is 47.7 Å². The molecule has 4 aromatic rings. The minimum absolute atomic E-state index is 0.0757. The van der Waals surface area contributed by atoms with Crippen LogP contribution in [-0.2, 0) is 27.8 Å². The van der Waals surface area contributed by atoms with E-state index in [1.807, 2.05) is 30.3 Å². The quantitative estimate of drug-likeness (QED) is 0.204. The summed E-state index contributed by atoms with van der Waals surface area (Å²) in [4.78, 5) is 13.2. The molecule has 2 aromatic carbocycles. The number of carbonyl (C=O) groups is 1. The second kappa shape index (κ2) is 10.1. The van der Waals surface area contributed by atoms with Crippen molar-refractivity contribution in [3.05, 3.63) is 84.2 Å². The first kappa shape index (κ1) is 23.6. The summed E-state index contributed by atoms with van der Waals surface area (Å²) in [6.07, 6.45) is 1.47. The molecular weight excluding hydrogens is 478 g/mol. The Morgan fingerprint density at radius 1 is 1.06 bits per heavy atom. The number of aromatic hydroxyl groups is 1. The number of thiophene rings is 1. The van der Waals surface area contributed by atoms with Crippen molar-refractivity contribution in [2.45, 2.75) is 23.2 Å². The second-order valence-electron chi connectivity index (χ2n) is 7.34. The molecule has 1 amide bonds. The first-order valence-electron chi connectivity index (χ1n) is 10.1. The number of carbonyl (C=O) groups excluding carboxylic acids is 1. The highest BCUT2D eigenvalue weighted by Crippen LogP contribution is 2.30. The number of hydrogen-bond donors (Lipinski definition) is 4. The van der Waals surface area contributed by atoms with Crippen LogP contribution in [-0.4, -0.2) is 39.6 Å². The molecule has 4 N–H and O–H groups in total. The summed E-state index contributed by atoms with van der Waals surface area (Å²) in [7, 11) is -3.83. The van der Waals surface area contributed by atoms with Gasteiger partial charge in [0.15, 0.2) is 0 Å². The first-order chi connectivity index (χ1) is 16.4. The van der Waals surface area contributed by atoms with Gasteiger partial charge in [-0.05, 0) is 35.4 Å². The summed E-state index contributed by atoms with van der Waals surface area (Å²) in [6.45, 7) is -0.168. The molecule has 12 heteroatoms. The Kier molecular flexibility index (Phi) is 7.03. The lowest BCUT2D eigenvalue weighted by atomic mass is 10.1. The van der Waals surface area contributed by atoms with E-state index in [0.717, 1.165) is 21.8 Å². The van der Waals surface area contributed by atoms with Crippen LogP contribution in [0.2, 0.25) is 0 Å². The molecule has 34 heavy (non-hydrogen) atoms. The Labute approximate surface area is 199 Å². The van der Waals surface area contributed by atoms with E-state index in [2.05, 4.69) is 15.0 Å². The van der Waals surface area contributed by atoms with Gasteiger partial charge in [-0.3, -0.25) is 10.0 Å². The number of benzene rings is 2. The molecule has 0 saturated carbocycles. The predicted molar refractivity (Wildman–Crippen MR) is 125 cm³/mol. The highest BCUT2D eigenvalue weighted by atomic mass is 32.2. The van der Waals surface area contributed by atoms with Gasteiger partial charge in [0, 0.05) is 11.3 Å². The molecule has 0 saturated heterocycles. The maximum absolute atomic E-state index is 12.9. The van der Waals surface area contributed by atoms with Crippen LogP contribution in [0, 0.1) is 0 Å². The first-order valence-corrected chi connectivity index (χ1v) is 12.4. The van der Waals surface area contributed by atoms with Gasteiger partial charge in [0.05, 0.1) is 18.4 Å². The maximum Gasteiger partial charge on any atom is 0.268 e. The standard InChI is InChI=1S/C22H21N5O5S2/c28-18-8-6-15(7-9-18)12-19(22(29)25-30)27-17(13-23-26-27)14-24-34(31,32)21-11-10-20(33-21)16-4-2-1-3-5-16/h1-11,13,19,24,28,30H,12,14H2,(H,25,29)/t19-/m0/s1. The third-order valence-electron chi connectivity index (χ3n) is 5.07. The number of nitrogens with one attached hydrogen (secondary N) is 2. The highest BCUT2D eigenvalue weighted by molar-refractivity contribution is 7.91. The van der Waals surface area contributed by atoms with Crippen LogP contribution >= 0.6 is 11.3 Å². The van der Waals surface area contributed by atoms with Crippen LogP contribution in [0.3, 0.4) is 0 Å². The fourth-order valence-corrected chi connectivity index (χ4v) is 5.69. The summed E-state index contributed by atoms with van der Waals surface area (Å²) in [5.74, 6) is -0.666. The van der Waals surface area contributed by atoms with E-state index in [1.54, 1.807) is 23.7 Å². The molecule has 176 valence electrons. The molecule has 0 spiro atoms. The zero-order chi connectivity index (χ0) is 24.1. The van der Waals surface area contributed by atoms with E-state index in [9.17, 15) is 23.5 Å². The van der Waals surface area contributed by atoms with Crippen molar-refractivity contribution in [1.29, 1.82) is 0 Å². The SMILES string of the molecule is O=C(NO)[C@H](Cc1ccc(O)cc1)n1nncc1CNS(=O)(=O)c1ccc(-c2ccccc2)s1. The van der Waals surface area contributed by atoms with Crippen LogP contribution in [0.25, 0.3) is 10.4 Å². The molecule has 0 aliphatic rings. The predicted octanol–water partition coefficient (Wildman–Crippen LogP) is 2.48. The van der Waals surface area contributed by atoms with E-state index < -0.39 is 22.0 Å². The monoisotopic (exact) mass is 499 g/mol. The fraction of sp³-hybridized carbons (Fsp3) is 0.136. The lowest BCUT2D eigenvalue weighted by Gasteiger charge is -2.17. The highest BCUT2D eigenvalue weighted by Gasteiger charge is 2.25. The largest absolute Gasteiger partial charge is 0.508 e. The lowest BCUT2D eigenvalue weighted by Crippen LogP contribution is -2.34. The number of hydroxylamine groups is 1. The second-order valence-corrected chi connectivity index (χ2v) is 10.4. The van der Waals surface area contributed by atoms with Crippen molar-refractivity contribution in [2.24, 2.45) is 0 Å². The van der Waals surface area contributed by atoms with E-state index in [4.69, 9.17) is 0 Å². The number of nitrogens with zero attached hydrogens (tertiary/aromatic N) is 3. The number of phenolic OH excluding ortho intramolecular Hbond substituents is 1. The number of phenols is 1. The van der Waals surface area contributed by atoms with Gasteiger partial charge in [-0.25, -0.2) is 23.3 Å². The Hall–Kier alpha value is -3.58. The van der Waals surface area contributed by atoms with Gasteiger partial charge >= 0.3 is 0 Å². The number of sulfonamides is 1. The maximum atomic E-state index is 12.9. The van der Waals surface area contributed by atoms with Crippen molar-refractivity contribution in [3.8, 4) is 16.2 Å². The molecule has 1 atom stereocenters. The average Bonchev–Trinajstić information content (AvgIpc) is 3.53. The van der Waals surface area contributed by atoms with Gasteiger partial charge < -0.3 is 5.11 Å². The summed E-state index contributed by atoms with van der Waals surface area (Å²) in [5, 5.41) is 26.4. The lowest BCUT2D eigenvalue weighted by molar-refractivity contribution is -0.133. The van der Waals surface area contributed by atoms with Crippen LogP contribution in [0.4, 0.5) is 0 Å². The van der Waals surface area contributed by atoms with Crippen molar-refractivity contribution < 1.29 is 23.5 Å². The van der Waals surface area contributed by atoms with Gasteiger partial charge in [0.1, 0.15) is 16.0 Å². The van der Waals surface area contributed by atoms with E-state index in [-0.39, 0.29) is 22.9 Å². The summed E-state index contributed by atoms with van der Waals surface area (Å²) in [6, 6.07) is 18.0.